The van der Waals surface area contributed by atoms with Gasteiger partial charge in [0.05, 0.1) is 24.8 Å². The number of hydrogen-bond acceptors (Lipinski definition) is 4. The molecule has 26 heavy (non-hydrogen) atoms. The average molecular weight is 359 g/mol. The van der Waals surface area contributed by atoms with Gasteiger partial charge in [-0.25, -0.2) is 0 Å². The van der Waals surface area contributed by atoms with Crippen molar-refractivity contribution in [2.24, 2.45) is 0 Å². The number of nitrogens with zero attached hydrogens (tertiary/aromatic N) is 3. The van der Waals surface area contributed by atoms with Crippen LogP contribution in [0.2, 0.25) is 0 Å². The van der Waals surface area contributed by atoms with Gasteiger partial charge in [-0.05, 0) is 38.9 Å². The van der Waals surface area contributed by atoms with Crippen molar-refractivity contribution < 1.29 is 14.3 Å². The molecule has 0 saturated carbocycles. The topological polar surface area (TPSA) is 53.1 Å². The van der Waals surface area contributed by atoms with Crippen molar-refractivity contribution in [2.75, 3.05) is 37.6 Å². The van der Waals surface area contributed by atoms with Crippen LogP contribution in [0.15, 0.2) is 30.3 Å². The largest absolute Gasteiger partial charge is 0.372 e. The molecule has 2 aliphatic rings. The summed E-state index contributed by atoms with van der Waals surface area (Å²) in [6, 6.07) is 9.52. The number of ether oxygens (including phenoxy) is 1. The lowest BCUT2D eigenvalue weighted by Crippen LogP contribution is -2.53. The van der Waals surface area contributed by atoms with Crippen LogP contribution < -0.4 is 4.90 Å². The quantitative estimate of drug-likeness (QED) is 0.804. The van der Waals surface area contributed by atoms with Gasteiger partial charge in [-0.3, -0.25) is 14.5 Å². The fourth-order valence-corrected chi connectivity index (χ4v) is 3.97. The number of carbonyl (C=O) groups is 2. The molecule has 0 aromatic heterocycles. The minimum Gasteiger partial charge on any atom is -0.372 e. The zero-order chi connectivity index (χ0) is 18.7. The predicted molar refractivity (Wildman–Crippen MR) is 101 cm³/mol. The molecule has 3 rings (SSSR count). The van der Waals surface area contributed by atoms with Gasteiger partial charge in [0.25, 0.3) is 0 Å². The second-order valence-corrected chi connectivity index (χ2v) is 7.25. The Morgan fingerprint density at radius 2 is 1.85 bits per heavy atom. The fraction of sp³-hybridized carbons (Fsp3) is 0.600. The Kier molecular flexibility index (Phi) is 5.94. The van der Waals surface area contributed by atoms with Gasteiger partial charge in [-0.1, -0.05) is 25.1 Å². The Morgan fingerprint density at radius 1 is 1.19 bits per heavy atom. The maximum atomic E-state index is 12.9. The number of hydrogen-bond donors (Lipinski definition) is 0. The second-order valence-electron chi connectivity index (χ2n) is 7.25. The van der Waals surface area contributed by atoms with E-state index >= 15 is 0 Å². The highest BCUT2D eigenvalue weighted by Crippen LogP contribution is 2.24. The van der Waals surface area contributed by atoms with E-state index in [1.165, 1.54) is 0 Å². The van der Waals surface area contributed by atoms with Gasteiger partial charge in [-0.2, -0.15) is 0 Å². The van der Waals surface area contributed by atoms with E-state index in [1.54, 1.807) is 0 Å². The third-order valence-electron chi connectivity index (χ3n) is 5.20. The minimum absolute atomic E-state index is 0.0551. The molecule has 0 radical (unpaired) electrons. The van der Waals surface area contributed by atoms with E-state index in [-0.39, 0.29) is 36.6 Å². The van der Waals surface area contributed by atoms with Crippen LogP contribution >= 0.6 is 0 Å². The Labute approximate surface area is 155 Å². The van der Waals surface area contributed by atoms with E-state index in [0.29, 0.717) is 26.2 Å². The highest BCUT2D eigenvalue weighted by molar-refractivity contribution is 5.99. The molecule has 0 aliphatic carbocycles. The van der Waals surface area contributed by atoms with E-state index in [9.17, 15) is 9.59 Å². The summed E-state index contributed by atoms with van der Waals surface area (Å²) in [5.74, 6) is 0.175. The number of carbonyl (C=O) groups excluding carboxylic acids is 2. The second kappa shape index (κ2) is 8.18. The van der Waals surface area contributed by atoms with Crippen molar-refractivity contribution in [3.63, 3.8) is 0 Å². The number of para-hydroxylation sites is 1. The van der Waals surface area contributed by atoms with Crippen LogP contribution in [0.5, 0.6) is 0 Å². The Bertz CT molecular complexity index is 626. The summed E-state index contributed by atoms with van der Waals surface area (Å²) < 4.78 is 5.71. The number of benzene rings is 1. The first-order chi connectivity index (χ1) is 12.5. The number of morpholine rings is 1. The highest BCUT2D eigenvalue weighted by Gasteiger charge is 2.37. The summed E-state index contributed by atoms with van der Waals surface area (Å²) in [6.07, 6.45) is 0.865. The van der Waals surface area contributed by atoms with E-state index in [1.807, 2.05) is 65.8 Å². The third-order valence-corrected chi connectivity index (χ3v) is 5.20. The third kappa shape index (κ3) is 4.07. The molecule has 1 aromatic carbocycles. The van der Waals surface area contributed by atoms with Crippen molar-refractivity contribution in [2.45, 2.75) is 45.4 Å². The first kappa shape index (κ1) is 18.9. The number of anilines is 1. The molecule has 3 atom stereocenters. The molecular weight excluding hydrogens is 330 g/mol. The number of likely N-dealkylation sites (N-methyl/N-ethyl adjacent to an activating group) is 1. The van der Waals surface area contributed by atoms with Gasteiger partial charge >= 0.3 is 0 Å². The van der Waals surface area contributed by atoms with Crippen LogP contribution in [0.1, 0.15) is 27.2 Å². The zero-order valence-electron chi connectivity index (χ0n) is 15.9. The smallest absolute Gasteiger partial charge is 0.244 e. The van der Waals surface area contributed by atoms with Gasteiger partial charge in [-0.15, -0.1) is 0 Å². The molecule has 2 heterocycles. The van der Waals surface area contributed by atoms with Gasteiger partial charge in [0.15, 0.2) is 0 Å². The van der Waals surface area contributed by atoms with Crippen LogP contribution in [0.25, 0.3) is 0 Å². The monoisotopic (exact) mass is 359 g/mol. The van der Waals surface area contributed by atoms with Gasteiger partial charge < -0.3 is 14.5 Å². The maximum Gasteiger partial charge on any atom is 0.244 e. The molecular formula is C20H29N3O3. The molecule has 2 saturated heterocycles. The fourth-order valence-electron chi connectivity index (χ4n) is 3.97. The lowest BCUT2D eigenvalue weighted by Gasteiger charge is -2.37. The Balaban J connectivity index is 1.64. The van der Waals surface area contributed by atoms with Crippen LogP contribution in [0.4, 0.5) is 5.69 Å². The summed E-state index contributed by atoms with van der Waals surface area (Å²) in [7, 11) is 0. The van der Waals surface area contributed by atoms with Crippen LogP contribution in [0, 0.1) is 0 Å². The first-order valence-corrected chi connectivity index (χ1v) is 9.53. The predicted octanol–water partition coefficient (Wildman–Crippen LogP) is 1.75. The summed E-state index contributed by atoms with van der Waals surface area (Å²) in [6.45, 7) is 8.90. The van der Waals surface area contributed by atoms with E-state index in [4.69, 9.17) is 4.74 Å². The van der Waals surface area contributed by atoms with Crippen molar-refractivity contribution in [1.82, 2.24) is 9.80 Å². The zero-order valence-corrected chi connectivity index (χ0v) is 15.9. The number of amides is 2. The lowest BCUT2D eigenvalue weighted by molar-refractivity contribution is -0.145. The minimum atomic E-state index is -0.222. The van der Waals surface area contributed by atoms with Crippen LogP contribution in [0.3, 0.4) is 0 Å². The molecule has 2 aliphatic heterocycles. The van der Waals surface area contributed by atoms with Gasteiger partial charge in [0, 0.05) is 25.3 Å². The summed E-state index contributed by atoms with van der Waals surface area (Å²) in [4.78, 5) is 31.4. The summed E-state index contributed by atoms with van der Waals surface area (Å²) >= 11 is 0. The van der Waals surface area contributed by atoms with Crippen LogP contribution in [-0.2, 0) is 14.3 Å². The average Bonchev–Trinajstić information content (AvgIpc) is 3.00. The Hall–Kier alpha value is -1.92. The van der Waals surface area contributed by atoms with Crippen molar-refractivity contribution in [3.8, 4) is 0 Å². The summed E-state index contributed by atoms with van der Waals surface area (Å²) in [5.41, 5.74) is 0.929. The lowest BCUT2D eigenvalue weighted by atomic mass is 10.2. The van der Waals surface area contributed by atoms with Gasteiger partial charge in [0.2, 0.25) is 11.8 Å². The maximum absolute atomic E-state index is 12.9. The standard InChI is InChI=1S/C20H29N3O3/c1-4-21(14-19(24)22-12-15(2)26-16(3)13-22)18-10-11-23(20(18)25)17-8-6-5-7-9-17/h5-9,15-16,18H,4,10-14H2,1-3H3. The molecule has 2 amide bonds. The van der Waals surface area contributed by atoms with E-state index in [2.05, 4.69) is 0 Å². The van der Waals surface area contributed by atoms with Crippen LogP contribution in [-0.4, -0.2) is 72.6 Å². The first-order valence-electron chi connectivity index (χ1n) is 9.53. The molecule has 3 unspecified atom stereocenters. The molecule has 2 fully saturated rings. The van der Waals surface area contributed by atoms with E-state index in [0.717, 1.165) is 12.1 Å². The van der Waals surface area contributed by atoms with Crippen molar-refractivity contribution >= 4 is 17.5 Å². The molecule has 6 nitrogen and oxygen atoms in total. The SMILES string of the molecule is CCN(CC(=O)N1CC(C)OC(C)C1)C1CCN(c2ccccc2)C1=O. The molecule has 142 valence electrons. The molecule has 6 heteroatoms. The van der Waals surface area contributed by atoms with Crippen molar-refractivity contribution in [3.05, 3.63) is 30.3 Å². The highest BCUT2D eigenvalue weighted by atomic mass is 16.5. The normalized spacial score (nSPS) is 26.6. The Morgan fingerprint density at radius 3 is 2.46 bits per heavy atom. The van der Waals surface area contributed by atoms with E-state index < -0.39 is 0 Å². The molecule has 0 bridgehead atoms. The number of rotatable bonds is 5. The molecule has 0 N–H and O–H groups in total. The summed E-state index contributed by atoms with van der Waals surface area (Å²) in [5, 5.41) is 0. The molecule has 0 spiro atoms. The van der Waals surface area contributed by atoms with Crippen molar-refractivity contribution in [1.29, 1.82) is 0 Å². The molecule has 1 aromatic rings. The van der Waals surface area contributed by atoms with Gasteiger partial charge in [0.1, 0.15) is 0 Å².